The number of hydrogen-bond donors (Lipinski definition) is 0. The zero-order valence-corrected chi connectivity index (χ0v) is 14.5. The van der Waals surface area contributed by atoms with Gasteiger partial charge in [0.1, 0.15) is 0 Å². The maximum absolute atomic E-state index is 12.4. The zero-order valence-electron chi connectivity index (χ0n) is 13.0. The van der Waals surface area contributed by atoms with Crippen LogP contribution in [-0.2, 0) is 0 Å². The first-order valence-electron chi connectivity index (χ1n) is 7.74. The minimum atomic E-state index is -0.0478. The molecule has 25 heavy (non-hydrogen) atoms. The SMILES string of the molecule is O=C(c1cccc(Cl)c1)N1CC(c2nc(-c3cccc(Cl)c3)no2)C1. The van der Waals surface area contributed by atoms with Crippen molar-refractivity contribution in [2.75, 3.05) is 13.1 Å². The topological polar surface area (TPSA) is 59.2 Å². The van der Waals surface area contributed by atoms with E-state index in [4.69, 9.17) is 27.7 Å². The van der Waals surface area contributed by atoms with Gasteiger partial charge in [0, 0.05) is 34.3 Å². The number of hydrogen-bond acceptors (Lipinski definition) is 4. The fourth-order valence-electron chi connectivity index (χ4n) is 2.75. The summed E-state index contributed by atoms with van der Waals surface area (Å²) in [5.41, 5.74) is 1.38. The van der Waals surface area contributed by atoms with Crippen molar-refractivity contribution >= 4 is 29.1 Å². The second kappa shape index (κ2) is 6.50. The molecular weight excluding hydrogens is 361 g/mol. The molecule has 1 amide bonds. The molecule has 3 aromatic rings. The van der Waals surface area contributed by atoms with Crippen LogP contribution in [0.1, 0.15) is 22.2 Å². The van der Waals surface area contributed by atoms with Crippen LogP contribution in [0.25, 0.3) is 11.4 Å². The summed E-state index contributed by atoms with van der Waals surface area (Å²) in [4.78, 5) is 18.6. The minimum Gasteiger partial charge on any atom is -0.339 e. The monoisotopic (exact) mass is 373 g/mol. The Morgan fingerprint density at radius 1 is 1.08 bits per heavy atom. The highest BCUT2D eigenvalue weighted by molar-refractivity contribution is 6.31. The highest BCUT2D eigenvalue weighted by Crippen LogP contribution is 2.29. The normalized spacial score (nSPS) is 14.4. The molecular formula is C18H13Cl2N3O2. The number of nitrogens with zero attached hydrogens (tertiary/aromatic N) is 3. The van der Waals surface area contributed by atoms with E-state index in [0.717, 1.165) is 5.56 Å². The van der Waals surface area contributed by atoms with Gasteiger partial charge in [0.15, 0.2) is 0 Å². The Morgan fingerprint density at radius 3 is 2.52 bits per heavy atom. The Bertz CT molecular complexity index is 935. The Morgan fingerprint density at radius 2 is 1.80 bits per heavy atom. The van der Waals surface area contributed by atoms with Crippen LogP contribution in [0.4, 0.5) is 0 Å². The van der Waals surface area contributed by atoms with Crippen molar-refractivity contribution in [1.29, 1.82) is 0 Å². The molecule has 0 N–H and O–H groups in total. The molecule has 0 aliphatic carbocycles. The van der Waals surface area contributed by atoms with Crippen LogP contribution < -0.4 is 0 Å². The first-order valence-corrected chi connectivity index (χ1v) is 8.50. The quantitative estimate of drug-likeness (QED) is 0.687. The number of aromatic nitrogens is 2. The van der Waals surface area contributed by atoms with Gasteiger partial charge in [-0.25, -0.2) is 0 Å². The van der Waals surface area contributed by atoms with Crippen LogP contribution >= 0.6 is 23.2 Å². The molecule has 126 valence electrons. The molecule has 0 unspecified atom stereocenters. The third-order valence-electron chi connectivity index (χ3n) is 4.11. The van der Waals surface area contributed by atoms with Crippen molar-refractivity contribution in [3.05, 3.63) is 70.0 Å². The highest BCUT2D eigenvalue weighted by Gasteiger charge is 2.36. The predicted molar refractivity (Wildman–Crippen MR) is 94.8 cm³/mol. The largest absolute Gasteiger partial charge is 0.339 e. The van der Waals surface area contributed by atoms with Crippen LogP contribution in [0.3, 0.4) is 0 Å². The lowest BCUT2D eigenvalue weighted by Crippen LogP contribution is -2.48. The molecule has 0 atom stereocenters. The first-order chi connectivity index (χ1) is 12.1. The standard InChI is InChI=1S/C18H13Cl2N3O2/c19-14-5-1-3-11(7-14)16-21-17(25-22-16)13-9-23(10-13)18(24)12-4-2-6-15(20)8-12/h1-8,13H,9-10H2. The van der Waals surface area contributed by atoms with Gasteiger partial charge in [-0.3, -0.25) is 4.79 Å². The molecule has 0 saturated carbocycles. The fourth-order valence-corrected chi connectivity index (χ4v) is 3.13. The number of carbonyl (C=O) groups excluding carboxylic acids is 1. The summed E-state index contributed by atoms with van der Waals surface area (Å²) in [6.45, 7) is 1.09. The van der Waals surface area contributed by atoms with Gasteiger partial charge in [-0.05, 0) is 30.3 Å². The van der Waals surface area contributed by atoms with Gasteiger partial charge >= 0.3 is 0 Å². The van der Waals surface area contributed by atoms with Gasteiger partial charge < -0.3 is 9.42 Å². The van der Waals surface area contributed by atoms with Gasteiger partial charge in [-0.2, -0.15) is 4.98 Å². The van der Waals surface area contributed by atoms with Gasteiger partial charge in [-0.1, -0.05) is 46.6 Å². The Labute approximate surface area is 154 Å². The lowest BCUT2D eigenvalue weighted by Gasteiger charge is -2.37. The summed E-state index contributed by atoms with van der Waals surface area (Å²) in [6.07, 6.45) is 0. The van der Waals surface area contributed by atoms with Gasteiger partial charge in [-0.15, -0.1) is 0 Å². The van der Waals surface area contributed by atoms with Crippen LogP contribution in [0.2, 0.25) is 10.0 Å². The zero-order chi connectivity index (χ0) is 17.4. The van der Waals surface area contributed by atoms with E-state index in [0.29, 0.717) is 40.4 Å². The molecule has 1 aliphatic heterocycles. The number of amides is 1. The lowest BCUT2D eigenvalue weighted by molar-refractivity contribution is 0.0569. The predicted octanol–water partition coefficient (Wildman–Crippen LogP) is 4.28. The molecule has 0 bridgehead atoms. The molecule has 0 spiro atoms. The third kappa shape index (κ3) is 3.25. The van der Waals surface area contributed by atoms with Gasteiger partial charge in [0.05, 0.1) is 5.92 Å². The van der Waals surface area contributed by atoms with E-state index in [1.54, 1.807) is 41.3 Å². The number of carbonyl (C=O) groups is 1. The molecule has 2 aromatic carbocycles. The van der Waals surface area contributed by atoms with Crippen LogP contribution in [0.15, 0.2) is 53.1 Å². The summed E-state index contributed by atoms with van der Waals surface area (Å²) < 4.78 is 5.35. The van der Waals surface area contributed by atoms with Crippen LogP contribution in [-0.4, -0.2) is 34.0 Å². The lowest BCUT2D eigenvalue weighted by atomic mass is 9.98. The summed E-state index contributed by atoms with van der Waals surface area (Å²) in [6, 6.07) is 14.2. The Balaban J connectivity index is 1.43. The number of likely N-dealkylation sites (tertiary alicyclic amines) is 1. The highest BCUT2D eigenvalue weighted by atomic mass is 35.5. The molecule has 1 aromatic heterocycles. The third-order valence-corrected chi connectivity index (χ3v) is 4.58. The van der Waals surface area contributed by atoms with Crippen molar-refractivity contribution < 1.29 is 9.32 Å². The van der Waals surface area contributed by atoms with Crippen LogP contribution in [0, 0.1) is 0 Å². The van der Waals surface area contributed by atoms with E-state index in [-0.39, 0.29) is 11.8 Å². The molecule has 4 rings (SSSR count). The summed E-state index contributed by atoms with van der Waals surface area (Å²) in [5, 5.41) is 5.17. The molecule has 2 heterocycles. The number of benzene rings is 2. The van der Waals surface area contributed by atoms with E-state index in [1.165, 1.54) is 0 Å². The fraction of sp³-hybridized carbons (Fsp3) is 0.167. The minimum absolute atomic E-state index is 0.0450. The molecule has 1 saturated heterocycles. The molecule has 7 heteroatoms. The second-order valence-corrected chi connectivity index (χ2v) is 6.76. The van der Waals surface area contributed by atoms with Crippen molar-refractivity contribution in [2.24, 2.45) is 0 Å². The maximum Gasteiger partial charge on any atom is 0.253 e. The van der Waals surface area contributed by atoms with E-state index < -0.39 is 0 Å². The average molecular weight is 374 g/mol. The van der Waals surface area contributed by atoms with E-state index >= 15 is 0 Å². The van der Waals surface area contributed by atoms with Crippen molar-refractivity contribution in [1.82, 2.24) is 15.0 Å². The summed E-state index contributed by atoms with van der Waals surface area (Å²) in [7, 11) is 0. The molecule has 0 radical (unpaired) electrons. The van der Waals surface area contributed by atoms with E-state index in [1.807, 2.05) is 12.1 Å². The van der Waals surface area contributed by atoms with Gasteiger partial charge in [0.2, 0.25) is 11.7 Å². The molecule has 1 fully saturated rings. The van der Waals surface area contributed by atoms with Crippen molar-refractivity contribution in [3.63, 3.8) is 0 Å². The summed E-state index contributed by atoms with van der Waals surface area (Å²) >= 11 is 11.9. The smallest absolute Gasteiger partial charge is 0.253 e. The second-order valence-electron chi connectivity index (χ2n) is 5.88. The summed E-state index contributed by atoms with van der Waals surface area (Å²) in [5.74, 6) is 1.03. The number of halogens is 2. The Kier molecular flexibility index (Phi) is 4.19. The van der Waals surface area contributed by atoms with E-state index in [2.05, 4.69) is 10.1 Å². The average Bonchev–Trinajstić information content (AvgIpc) is 3.03. The molecule has 1 aliphatic rings. The maximum atomic E-state index is 12.4. The van der Waals surface area contributed by atoms with Crippen LogP contribution in [0.5, 0.6) is 0 Å². The van der Waals surface area contributed by atoms with Crippen molar-refractivity contribution in [3.8, 4) is 11.4 Å². The molecule has 5 nitrogen and oxygen atoms in total. The number of rotatable bonds is 3. The Hall–Kier alpha value is -2.37. The van der Waals surface area contributed by atoms with Gasteiger partial charge in [0.25, 0.3) is 5.91 Å². The van der Waals surface area contributed by atoms with Crippen molar-refractivity contribution in [2.45, 2.75) is 5.92 Å². The first kappa shape index (κ1) is 16.1. The van der Waals surface area contributed by atoms with E-state index in [9.17, 15) is 4.79 Å².